The first-order chi connectivity index (χ1) is 6.30. The molecule has 0 bridgehead atoms. The van der Waals surface area contributed by atoms with Crippen molar-refractivity contribution in [2.45, 2.75) is 39.0 Å². The van der Waals surface area contributed by atoms with Gasteiger partial charge in [0.1, 0.15) is 8.96 Å². The van der Waals surface area contributed by atoms with Crippen LogP contribution in [0.1, 0.15) is 19.8 Å². The van der Waals surface area contributed by atoms with Crippen LogP contribution < -0.4 is 0 Å². The van der Waals surface area contributed by atoms with Crippen LogP contribution in [0.5, 0.6) is 0 Å². The van der Waals surface area contributed by atoms with Gasteiger partial charge in [-0.15, -0.1) is 0 Å². The summed E-state index contributed by atoms with van der Waals surface area (Å²) in [5.74, 6) is -1.67. The van der Waals surface area contributed by atoms with Crippen LogP contribution in [0.2, 0.25) is 13.1 Å². The van der Waals surface area contributed by atoms with Gasteiger partial charge in [-0.3, -0.25) is 4.79 Å². The number of hydrogen-bond acceptors (Lipinski definition) is 1. The molecule has 0 rings (SSSR count). The minimum absolute atomic E-state index is 0.235. The number of unbranched alkanes of at least 4 members (excludes halogenated alkanes) is 1. The second-order valence-corrected chi connectivity index (χ2v) is 6.25. The number of alkyl halides is 3. The fraction of sp³-hybridized carbons (Fsp3) is 0.875. The van der Waals surface area contributed by atoms with Crippen LogP contribution in [0, 0.1) is 0 Å². The maximum atomic E-state index is 12.1. The van der Waals surface area contributed by atoms with E-state index < -0.39 is 21.0 Å². The summed E-state index contributed by atoms with van der Waals surface area (Å²) in [5, 5.41) is 0. The van der Waals surface area contributed by atoms with Gasteiger partial charge in [-0.25, -0.2) is 0 Å². The minimum atomic E-state index is -4.72. The maximum absolute atomic E-state index is 12.1. The average Bonchev–Trinajstić information content (AvgIpc) is 2.02. The summed E-state index contributed by atoms with van der Waals surface area (Å²) in [7, 11) is -1.71. The smallest absolute Gasteiger partial charge is 0.365 e. The molecule has 0 aliphatic rings. The van der Waals surface area contributed by atoms with E-state index in [0.717, 1.165) is 11.0 Å². The number of carbonyl (C=O) groups is 1. The second-order valence-electron chi connectivity index (χ2n) is 3.44. The molecule has 0 N–H and O–H groups in total. The highest BCUT2D eigenvalue weighted by atomic mass is 28.3. The first-order valence-corrected chi connectivity index (χ1v) is 7.51. The number of nitrogens with zero attached hydrogens (tertiary/aromatic N) is 1. The van der Waals surface area contributed by atoms with E-state index >= 15 is 0 Å². The zero-order valence-corrected chi connectivity index (χ0v) is 9.84. The quantitative estimate of drug-likeness (QED) is 0.674. The Bertz CT molecular complexity index is 194. The van der Waals surface area contributed by atoms with Crippen LogP contribution in [-0.2, 0) is 4.79 Å². The Hall–Kier alpha value is -0.523. The molecule has 0 fully saturated rings. The molecule has 0 aromatic carbocycles. The van der Waals surface area contributed by atoms with Gasteiger partial charge in [-0.05, 0) is 6.42 Å². The molecule has 2 nitrogen and oxygen atoms in total. The third kappa shape index (κ3) is 4.12. The van der Waals surface area contributed by atoms with Crippen LogP contribution in [0.4, 0.5) is 13.2 Å². The van der Waals surface area contributed by atoms with Gasteiger partial charge in [0.25, 0.3) is 0 Å². The summed E-state index contributed by atoms with van der Waals surface area (Å²) in [4.78, 5) is 10.9. The number of carbonyl (C=O) groups excluding carboxylic acids is 1. The molecule has 0 aliphatic carbocycles. The minimum Gasteiger partial charge on any atom is -0.365 e. The fourth-order valence-corrected chi connectivity index (χ4v) is 2.40. The second kappa shape index (κ2) is 5.38. The Balaban J connectivity index is 4.42. The van der Waals surface area contributed by atoms with E-state index in [-0.39, 0.29) is 6.54 Å². The Kier molecular flexibility index (Phi) is 5.18. The fourth-order valence-electron chi connectivity index (χ4n) is 1.09. The van der Waals surface area contributed by atoms with Crippen LogP contribution in [0.15, 0.2) is 0 Å². The first-order valence-electron chi connectivity index (χ1n) is 4.68. The predicted molar refractivity (Wildman–Crippen MR) is 51.6 cm³/mol. The van der Waals surface area contributed by atoms with Crippen molar-refractivity contribution in [3.63, 3.8) is 0 Å². The van der Waals surface area contributed by atoms with Gasteiger partial charge in [-0.1, -0.05) is 26.4 Å². The molecule has 6 heteroatoms. The van der Waals surface area contributed by atoms with Crippen molar-refractivity contribution in [2.75, 3.05) is 6.54 Å². The van der Waals surface area contributed by atoms with Gasteiger partial charge in [0, 0.05) is 6.54 Å². The molecule has 0 aliphatic heterocycles. The summed E-state index contributed by atoms with van der Waals surface area (Å²) >= 11 is 0. The Morgan fingerprint density at radius 1 is 1.36 bits per heavy atom. The molecule has 0 radical (unpaired) electrons. The highest BCUT2D eigenvalue weighted by Crippen LogP contribution is 2.19. The lowest BCUT2D eigenvalue weighted by molar-refractivity contribution is -0.180. The van der Waals surface area contributed by atoms with Gasteiger partial charge in [0.2, 0.25) is 0 Å². The molecule has 1 amide bonds. The third-order valence-corrected chi connectivity index (χ3v) is 3.62. The lowest BCUT2D eigenvalue weighted by Gasteiger charge is -2.26. The van der Waals surface area contributed by atoms with Crippen molar-refractivity contribution >= 4 is 14.9 Å². The van der Waals surface area contributed by atoms with Gasteiger partial charge in [-0.2, -0.15) is 13.2 Å². The summed E-state index contributed by atoms with van der Waals surface area (Å²) in [6.07, 6.45) is -3.29. The van der Waals surface area contributed by atoms with Crippen LogP contribution in [0.25, 0.3) is 0 Å². The number of amides is 1. The van der Waals surface area contributed by atoms with Crippen LogP contribution in [-0.4, -0.2) is 32.2 Å². The summed E-state index contributed by atoms with van der Waals surface area (Å²) < 4.78 is 37.4. The van der Waals surface area contributed by atoms with E-state index in [4.69, 9.17) is 0 Å². The molecular formula is C8H16F3NOSi. The summed E-state index contributed by atoms with van der Waals surface area (Å²) in [6, 6.07) is 0. The molecule has 84 valence electrons. The molecule has 0 unspecified atom stereocenters. The standard InChI is InChI=1S/C8H16F3NOSi/c1-4-5-6-12(14(2)3)7(13)8(9,10)11/h14H,4-6H2,1-3H3. The molecule has 0 spiro atoms. The molecular weight excluding hydrogens is 211 g/mol. The van der Waals surface area contributed by atoms with Crippen molar-refractivity contribution in [1.29, 1.82) is 0 Å². The van der Waals surface area contributed by atoms with Crippen molar-refractivity contribution in [2.24, 2.45) is 0 Å². The summed E-state index contributed by atoms with van der Waals surface area (Å²) in [6.45, 7) is 5.56. The van der Waals surface area contributed by atoms with Crippen molar-refractivity contribution in [1.82, 2.24) is 4.57 Å². The highest BCUT2D eigenvalue weighted by molar-refractivity contribution is 6.55. The lowest BCUT2D eigenvalue weighted by Crippen LogP contribution is -2.47. The predicted octanol–water partition coefficient (Wildman–Crippen LogP) is 2.16. The molecule has 0 aromatic rings. The molecule has 0 heterocycles. The van der Waals surface area contributed by atoms with Crippen LogP contribution in [0.3, 0.4) is 0 Å². The first kappa shape index (κ1) is 13.5. The normalized spacial score (nSPS) is 11.9. The van der Waals surface area contributed by atoms with Crippen molar-refractivity contribution < 1.29 is 18.0 Å². The molecule has 0 saturated heterocycles. The van der Waals surface area contributed by atoms with Crippen LogP contribution >= 0.6 is 0 Å². The van der Waals surface area contributed by atoms with E-state index in [1.54, 1.807) is 13.1 Å². The SMILES string of the molecule is CCCCN(C(=O)C(F)(F)F)[SiH](C)C. The van der Waals surface area contributed by atoms with Gasteiger partial charge in [0.05, 0.1) is 0 Å². The zero-order chi connectivity index (χ0) is 11.4. The Morgan fingerprint density at radius 3 is 2.14 bits per heavy atom. The maximum Gasteiger partial charge on any atom is 0.470 e. The molecule has 0 saturated carbocycles. The molecule has 0 atom stereocenters. The zero-order valence-electron chi connectivity index (χ0n) is 8.69. The van der Waals surface area contributed by atoms with Gasteiger partial charge >= 0.3 is 12.1 Å². The average molecular weight is 227 g/mol. The third-order valence-electron chi connectivity index (χ3n) is 1.88. The Labute approximate surface area is 83.8 Å². The number of rotatable bonds is 4. The molecule has 14 heavy (non-hydrogen) atoms. The van der Waals surface area contributed by atoms with E-state index in [0.29, 0.717) is 6.42 Å². The van der Waals surface area contributed by atoms with E-state index in [9.17, 15) is 18.0 Å². The van der Waals surface area contributed by atoms with Gasteiger partial charge in [0.15, 0.2) is 0 Å². The largest absolute Gasteiger partial charge is 0.470 e. The lowest BCUT2D eigenvalue weighted by atomic mass is 10.3. The summed E-state index contributed by atoms with van der Waals surface area (Å²) in [5.41, 5.74) is 0. The van der Waals surface area contributed by atoms with E-state index in [2.05, 4.69) is 0 Å². The Morgan fingerprint density at radius 2 is 1.86 bits per heavy atom. The highest BCUT2D eigenvalue weighted by Gasteiger charge is 2.42. The molecule has 0 aromatic heterocycles. The van der Waals surface area contributed by atoms with Crippen molar-refractivity contribution in [3.8, 4) is 0 Å². The van der Waals surface area contributed by atoms with Gasteiger partial charge < -0.3 is 4.57 Å². The van der Waals surface area contributed by atoms with Crippen molar-refractivity contribution in [3.05, 3.63) is 0 Å². The number of halogens is 3. The topological polar surface area (TPSA) is 20.3 Å². The monoisotopic (exact) mass is 227 g/mol. The van der Waals surface area contributed by atoms with E-state index in [1.165, 1.54) is 0 Å². The van der Waals surface area contributed by atoms with E-state index in [1.807, 2.05) is 6.92 Å². The number of hydrogen-bond donors (Lipinski definition) is 0.